The second-order valence-corrected chi connectivity index (χ2v) is 9.14. The van der Waals surface area contributed by atoms with Crippen LogP contribution in [0.4, 0.5) is 11.5 Å². The van der Waals surface area contributed by atoms with E-state index in [4.69, 9.17) is 0 Å². The van der Waals surface area contributed by atoms with Gasteiger partial charge in [0.25, 0.3) is 0 Å². The minimum absolute atomic E-state index is 0.456. The Morgan fingerprint density at radius 1 is 0.970 bits per heavy atom. The number of nitrogens with zero attached hydrogens (tertiary/aromatic N) is 5. The van der Waals surface area contributed by atoms with Crippen molar-refractivity contribution in [3.8, 4) is 0 Å². The van der Waals surface area contributed by atoms with E-state index in [0.717, 1.165) is 77.0 Å². The van der Waals surface area contributed by atoms with Crippen LogP contribution < -0.4 is 20.4 Å². The van der Waals surface area contributed by atoms with Gasteiger partial charge in [0.1, 0.15) is 5.82 Å². The SMILES string of the molecule is CN=C(NCCN1CCN(c2cccc(C)c2C)CC1)NC1CCN(c2ccccn2)CC1. The van der Waals surface area contributed by atoms with Crippen molar-refractivity contribution < 1.29 is 0 Å². The largest absolute Gasteiger partial charge is 0.369 e. The molecule has 178 valence electrons. The molecule has 0 amide bonds. The molecule has 2 aliphatic rings. The summed E-state index contributed by atoms with van der Waals surface area (Å²) in [6.45, 7) is 12.8. The number of benzene rings is 1. The Kier molecular flexibility index (Phi) is 8.05. The lowest BCUT2D eigenvalue weighted by Gasteiger charge is -2.37. The van der Waals surface area contributed by atoms with Crippen molar-refractivity contribution in [1.82, 2.24) is 20.5 Å². The number of hydrogen-bond acceptors (Lipinski definition) is 5. The molecule has 0 aliphatic carbocycles. The van der Waals surface area contributed by atoms with Gasteiger partial charge in [0.2, 0.25) is 0 Å². The van der Waals surface area contributed by atoms with Crippen LogP contribution in [0.5, 0.6) is 0 Å². The Bertz CT molecular complexity index is 898. The van der Waals surface area contributed by atoms with Gasteiger partial charge in [0.05, 0.1) is 0 Å². The van der Waals surface area contributed by atoms with Crippen LogP contribution in [0.2, 0.25) is 0 Å². The summed E-state index contributed by atoms with van der Waals surface area (Å²) in [5.74, 6) is 2.00. The number of aromatic nitrogens is 1. The lowest BCUT2D eigenvalue weighted by atomic mass is 10.1. The van der Waals surface area contributed by atoms with Crippen molar-refractivity contribution in [3.05, 3.63) is 53.7 Å². The molecule has 2 fully saturated rings. The fraction of sp³-hybridized carbons (Fsp3) is 0.538. The molecule has 2 aromatic rings. The van der Waals surface area contributed by atoms with Gasteiger partial charge in [-0.3, -0.25) is 9.89 Å². The number of aryl methyl sites for hydroxylation is 1. The number of aliphatic imine (C=N–C) groups is 1. The summed E-state index contributed by atoms with van der Waals surface area (Å²) < 4.78 is 0. The second-order valence-electron chi connectivity index (χ2n) is 9.14. The van der Waals surface area contributed by atoms with Crippen molar-refractivity contribution in [2.24, 2.45) is 4.99 Å². The van der Waals surface area contributed by atoms with Gasteiger partial charge in [-0.15, -0.1) is 0 Å². The first kappa shape index (κ1) is 23.4. The second kappa shape index (κ2) is 11.4. The van der Waals surface area contributed by atoms with Gasteiger partial charge in [-0.1, -0.05) is 18.2 Å². The number of anilines is 2. The normalized spacial score (nSPS) is 18.5. The molecule has 2 saturated heterocycles. The van der Waals surface area contributed by atoms with E-state index in [0.29, 0.717) is 6.04 Å². The van der Waals surface area contributed by atoms with E-state index in [1.54, 1.807) is 0 Å². The third-order valence-corrected chi connectivity index (χ3v) is 7.04. The third-order valence-electron chi connectivity index (χ3n) is 7.04. The lowest BCUT2D eigenvalue weighted by molar-refractivity contribution is 0.261. The highest BCUT2D eigenvalue weighted by molar-refractivity contribution is 5.80. The summed E-state index contributed by atoms with van der Waals surface area (Å²) in [6, 6.07) is 13.2. The van der Waals surface area contributed by atoms with E-state index >= 15 is 0 Å². The van der Waals surface area contributed by atoms with Crippen molar-refractivity contribution >= 4 is 17.5 Å². The topological polar surface area (TPSA) is 59.0 Å². The molecule has 33 heavy (non-hydrogen) atoms. The van der Waals surface area contributed by atoms with Gasteiger partial charge in [0, 0.05) is 77.3 Å². The average Bonchev–Trinajstić information content (AvgIpc) is 2.86. The van der Waals surface area contributed by atoms with Gasteiger partial charge < -0.3 is 20.4 Å². The van der Waals surface area contributed by atoms with E-state index in [-0.39, 0.29) is 0 Å². The smallest absolute Gasteiger partial charge is 0.191 e. The highest BCUT2D eigenvalue weighted by Gasteiger charge is 2.21. The van der Waals surface area contributed by atoms with E-state index in [2.05, 4.69) is 79.5 Å². The predicted octanol–water partition coefficient (Wildman–Crippen LogP) is 2.65. The molecule has 4 rings (SSSR count). The van der Waals surface area contributed by atoms with Crippen LogP contribution in [0.3, 0.4) is 0 Å². The van der Waals surface area contributed by atoms with Crippen LogP contribution in [-0.2, 0) is 0 Å². The molecule has 0 atom stereocenters. The number of piperidine rings is 1. The summed E-state index contributed by atoms with van der Waals surface area (Å²) >= 11 is 0. The first-order valence-corrected chi connectivity index (χ1v) is 12.3. The number of piperazine rings is 1. The van der Waals surface area contributed by atoms with Crippen molar-refractivity contribution in [2.45, 2.75) is 32.7 Å². The zero-order valence-corrected chi connectivity index (χ0v) is 20.4. The molecule has 7 nitrogen and oxygen atoms in total. The minimum atomic E-state index is 0.456. The van der Waals surface area contributed by atoms with Crippen LogP contribution in [0.25, 0.3) is 0 Å². The number of hydrogen-bond donors (Lipinski definition) is 2. The summed E-state index contributed by atoms with van der Waals surface area (Å²) in [5.41, 5.74) is 4.18. The molecule has 0 unspecified atom stereocenters. The highest BCUT2D eigenvalue weighted by atomic mass is 15.3. The Balaban J connectivity index is 1.15. The molecule has 2 N–H and O–H groups in total. The average molecular weight is 450 g/mol. The van der Waals surface area contributed by atoms with Crippen LogP contribution in [0, 0.1) is 13.8 Å². The molecular formula is C26H39N7. The Morgan fingerprint density at radius 2 is 1.76 bits per heavy atom. The predicted molar refractivity (Wildman–Crippen MR) is 139 cm³/mol. The van der Waals surface area contributed by atoms with E-state index in [1.165, 1.54) is 16.8 Å². The maximum absolute atomic E-state index is 4.48. The fourth-order valence-corrected chi connectivity index (χ4v) is 4.80. The third kappa shape index (κ3) is 6.16. The van der Waals surface area contributed by atoms with E-state index < -0.39 is 0 Å². The van der Waals surface area contributed by atoms with E-state index in [1.807, 2.05) is 19.3 Å². The van der Waals surface area contributed by atoms with Gasteiger partial charge >= 0.3 is 0 Å². The molecule has 1 aromatic heterocycles. The Labute approximate surface area is 198 Å². The molecule has 0 bridgehead atoms. The Morgan fingerprint density at radius 3 is 2.45 bits per heavy atom. The fourth-order valence-electron chi connectivity index (χ4n) is 4.80. The molecular weight excluding hydrogens is 410 g/mol. The standard InChI is InChI=1S/C26H39N7/c1-21-7-6-8-24(22(21)2)32-19-17-31(18-20-32)16-13-29-26(27-3)30-23-10-14-33(15-11-23)25-9-4-5-12-28-25/h4-9,12,23H,10-11,13-20H2,1-3H3,(H2,27,29,30). The van der Waals surface area contributed by atoms with Gasteiger partial charge in [-0.25, -0.2) is 4.98 Å². The molecule has 7 heteroatoms. The van der Waals surface area contributed by atoms with Crippen LogP contribution in [0.15, 0.2) is 47.6 Å². The van der Waals surface area contributed by atoms with Gasteiger partial charge in [0.15, 0.2) is 5.96 Å². The quantitative estimate of drug-likeness (QED) is 0.522. The van der Waals surface area contributed by atoms with E-state index in [9.17, 15) is 0 Å². The summed E-state index contributed by atoms with van der Waals surface area (Å²) in [7, 11) is 1.86. The zero-order chi connectivity index (χ0) is 23.0. The molecule has 3 heterocycles. The number of nitrogens with one attached hydrogen (secondary N) is 2. The number of guanidine groups is 1. The highest BCUT2D eigenvalue weighted by Crippen LogP contribution is 2.23. The minimum Gasteiger partial charge on any atom is -0.369 e. The van der Waals surface area contributed by atoms with Crippen molar-refractivity contribution in [1.29, 1.82) is 0 Å². The monoisotopic (exact) mass is 449 g/mol. The lowest BCUT2D eigenvalue weighted by Crippen LogP contribution is -2.51. The summed E-state index contributed by atoms with van der Waals surface area (Å²) in [5, 5.41) is 7.14. The maximum Gasteiger partial charge on any atom is 0.191 e. The van der Waals surface area contributed by atoms with Crippen molar-refractivity contribution in [2.75, 3.05) is 69.2 Å². The van der Waals surface area contributed by atoms with Gasteiger partial charge in [-0.2, -0.15) is 0 Å². The number of pyridine rings is 1. The maximum atomic E-state index is 4.48. The van der Waals surface area contributed by atoms with Crippen LogP contribution in [0.1, 0.15) is 24.0 Å². The first-order valence-electron chi connectivity index (χ1n) is 12.3. The van der Waals surface area contributed by atoms with Crippen LogP contribution in [-0.4, -0.2) is 81.3 Å². The summed E-state index contributed by atoms with van der Waals surface area (Å²) in [4.78, 5) is 16.4. The zero-order valence-electron chi connectivity index (χ0n) is 20.4. The molecule has 1 aromatic carbocycles. The molecule has 2 aliphatic heterocycles. The molecule has 0 spiro atoms. The summed E-state index contributed by atoms with van der Waals surface area (Å²) in [6.07, 6.45) is 4.06. The van der Waals surface area contributed by atoms with Gasteiger partial charge in [-0.05, 0) is 56.0 Å². The molecule has 0 saturated carbocycles. The van der Waals surface area contributed by atoms with Crippen LogP contribution >= 0.6 is 0 Å². The Hall–Kier alpha value is -2.80. The van der Waals surface area contributed by atoms with Crippen molar-refractivity contribution in [3.63, 3.8) is 0 Å². The number of rotatable bonds is 6. The first-order chi connectivity index (χ1) is 16.1. The molecule has 0 radical (unpaired) electrons.